The molecule has 0 radical (unpaired) electrons. The van der Waals surface area contributed by atoms with Crippen molar-refractivity contribution >= 4 is 12.0 Å². The topological polar surface area (TPSA) is 69.6 Å². The van der Waals surface area contributed by atoms with Crippen molar-refractivity contribution < 1.29 is 14.7 Å². The van der Waals surface area contributed by atoms with Gasteiger partial charge in [-0.15, -0.1) is 6.42 Å². The van der Waals surface area contributed by atoms with Crippen LogP contribution in [0.3, 0.4) is 0 Å². The van der Waals surface area contributed by atoms with E-state index in [4.69, 9.17) is 11.5 Å². The maximum absolute atomic E-state index is 12.0. The average molecular weight is 286 g/mol. The minimum atomic E-state index is -0.774. The quantitative estimate of drug-likeness (QED) is 0.831. The normalized spacial score (nSPS) is 15.3. The molecular formula is C16H18N2O3. The summed E-state index contributed by atoms with van der Waals surface area (Å²) in [4.78, 5) is 24.5. The van der Waals surface area contributed by atoms with E-state index in [1.54, 1.807) is 4.90 Å². The number of piperidine rings is 1. The van der Waals surface area contributed by atoms with Crippen LogP contribution in [0.25, 0.3) is 0 Å². The van der Waals surface area contributed by atoms with Gasteiger partial charge in [-0.05, 0) is 30.5 Å². The van der Waals surface area contributed by atoms with Gasteiger partial charge < -0.3 is 15.3 Å². The minimum absolute atomic E-state index is 0.153. The fourth-order valence-electron chi connectivity index (χ4n) is 2.34. The lowest BCUT2D eigenvalue weighted by molar-refractivity contribution is -0.143. The fraction of sp³-hybridized carbons (Fsp3) is 0.375. The third kappa shape index (κ3) is 3.99. The number of carboxylic acids is 1. The van der Waals surface area contributed by atoms with Crippen LogP contribution in [0.15, 0.2) is 24.3 Å². The summed E-state index contributed by atoms with van der Waals surface area (Å²) >= 11 is 0. The first-order valence-electron chi connectivity index (χ1n) is 6.91. The second kappa shape index (κ2) is 6.80. The fourth-order valence-corrected chi connectivity index (χ4v) is 2.34. The van der Waals surface area contributed by atoms with E-state index in [0.29, 0.717) is 32.5 Å². The number of nitrogens with zero attached hydrogens (tertiary/aromatic N) is 1. The van der Waals surface area contributed by atoms with Crippen molar-refractivity contribution in [3.05, 3.63) is 35.4 Å². The molecule has 1 fully saturated rings. The molecule has 110 valence electrons. The predicted molar refractivity (Wildman–Crippen MR) is 78.5 cm³/mol. The standard InChI is InChI=1S/C16H18N2O3/c1-2-12-3-5-13(6-4-12)11-17-16(21)18-9-7-14(8-10-18)15(19)20/h1,3-6,14H,7-11H2,(H,17,21)(H,19,20). The molecule has 0 aromatic heterocycles. The van der Waals surface area contributed by atoms with Gasteiger partial charge in [0.05, 0.1) is 5.92 Å². The molecule has 1 aromatic rings. The largest absolute Gasteiger partial charge is 0.481 e. The van der Waals surface area contributed by atoms with Crippen LogP contribution in [-0.4, -0.2) is 35.1 Å². The number of nitrogens with one attached hydrogen (secondary N) is 1. The third-order valence-electron chi connectivity index (χ3n) is 3.70. The Morgan fingerprint density at radius 1 is 1.29 bits per heavy atom. The van der Waals surface area contributed by atoms with Gasteiger partial charge in [0.2, 0.25) is 0 Å². The Kier molecular flexibility index (Phi) is 4.83. The van der Waals surface area contributed by atoms with Gasteiger partial charge in [-0.1, -0.05) is 18.1 Å². The molecule has 0 atom stereocenters. The first-order valence-corrected chi connectivity index (χ1v) is 6.91. The second-order valence-corrected chi connectivity index (χ2v) is 5.10. The van der Waals surface area contributed by atoms with E-state index in [2.05, 4.69) is 11.2 Å². The molecule has 2 amide bonds. The van der Waals surface area contributed by atoms with E-state index in [1.807, 2.05) is 24.3 Å². The van der Waals surface area contributed by atoms with E-state index < -0.39 is 5.97 Å². The van der Waals surface area contributed by atoms with Gasteiger partial charge in [0.25, 0.3) is 0 Å². The maximum Gasteiger partial charge on any atom is 0.317 e. The van der Waals surface area contributed by atoms with Gasteiger partial charge in [-0.2, -0.15) is 0 Å². The summed E-state index contributed by atoms with van der Waals surface area (Å²) in [5, 5.41) is 11.8. The van der Waals surface area contributed by atoms with Crippen LogP contribution in [0, 0.1) is 18.3 Å². The number of aliphatic carboxylic acids is 1. The Labute approximate surface area is 124 Å². The van der Waals surface area contributed by atoms with Crippen LogP contribution in [0.2, 0.25) is 0 Å². The van der Waals surface area contributed by atoms with Crippen molar-refractivity contribution in [1.29, 1.82) is 0 Å². The number of carboxylic acid groups (broad SMARTS) is 1. The summed E-state index contributed by atoms with van der Waals surface area (Å²) in [6.45, 7) is 1.40. The number of urea groups is 1. The number of carbonyl (C=O) groups is 2. The van der Waals surface area contributed by atoms with Gasteiger partial charge in [-0.3, -0.25) is 4.79 Å². The number of rotatable bonds is 3. The Morgan fingerprint density at radius 3 is 2.43 bits per heavy atom. The lowest BCUT2D eigenvalue weighted by atomic mass is 9.97. The number of amides is 2. The molecule has 21 heavy (non-hydrogen) atoms. The first kappa shape index (κ1) is 14.9. The molecule has 1 saturated heterocycles. The van der Waals surface area contributed by atoms with E-state index in [-0.39, 0.29) is 11.9 Å². The van der Waals surface area contributed by atoms with Crippen LogP contribution >= 0.6 is 0 Å². The molecule has 2 rings (SSSR count). The monoisotopic (exact) mass is 286 g/mol. The summed E-state index contributed by atoms with van der Waals surface area (Å²) in [6, 6.07) is 7.28. The smallest absolute Gasteiger partial charge is 0.317 e. The molecule has 0 saturated carbocycles. The highest BCUT2D eigenvalue weighted by atomic mass is 16.4. The molecule has 5 nitrogen and oxygen atoms in total. The lowest BCUT2D eigenvalue weighted by Gasteiger charge is -2.30. The van der Waals surface area contributed by atoms with Crippen molar-refractivity contribution in [2.45, 2.75) is 19.4 Å². The Hall–Kier alpha value is -2.48. The minimum Gasteiger partial charge on any atom is -0.481 e. The lowest BCUT2D eigenvalue weighted by Crippen LogP contribution is -2.45. The molecule has 2 N–H and O–H groups in total. The van der Waals surface area contributed by atoms with Crippen molar-refractivity contribution in [2.24, 2.45) is 5.92 Å². The number of hydrogen-bond acceptors (Lipinski definition) is 2. The van der Waals surface area contributed by atoms with Crippen LogP contribution in [-0.2, 0) is 11.3 Å². The molecule has 1 aliphatic rings. The van der Waals surface area contributed by atoms with Crippen molar-refractivity contribution in [3.8, 4) is 12.3 Å². The summed E-state index contributed by atoms with van der Waals surface area (Å²) in [5.41, 5.74) is 1.78. The SMILES string of the molecule is C#Cc1ccc(CNC(=O)N2CCC(C(=O)O)CC2)cc1. The van der Waals surface area contributed by atoms with Gasteiger partial charge in [0, 0.05) is 25.2 Å². The predicted octanol–water partition coefficient (Wildman–Crippen LogP) is 1.67. The van der Waals surface area contributed by atoms with Crippen molar-refractivity contribution in [1.82, 2.24) is 10.2 Å². The Bertz CT molecular complexity index is 552. The highest BCUT2D eigenvalue weighted by molar-refractivity contribution is 5.75. The zero-order valence-electron chi connectivity index (χ0n) is 11.7. The maximum atomic E-state index is 12.0. The highest BCUT2D eigenvalue weighted by Gasteiger charge is 2.26. The second-order valence-electron chi connectivity index (χ2n) is 5.10. The first-order chi connectivity index (χ1) is 10.1. The molecule has 5 heteroatoms. The summed E-state index contributed by atoms with van der Waals surface area (Å²) < 4.78 is 0. The summed E-state index contributed by atoms with van der Waals surface area (Å²) in [5.74, 6) is 1.44. The molecule has 1 aliphatic heterocycles. The Morgan fingerprint density at radius 2 is 1.90 bits per heavy atom. The number of terminal acetylenes is 1. The summed E-state index contributed by atoms with van der Waals surface area (Å²) in [6.07, 6.45) is 6.31. The van der Waals surface area contributed by atoms with Crippen LogP contribution in [0.5, 0.6) is 0 Å². The molecule has 0 aliphatic carbocycles. The Balaban J connectivity index is 1.80. The summed E-state index contributed by atoms with van der Waals surface area (Å²) in [7, 11) is 0. The number of benzene rings is 1. The van der Waals surface area contributed by atoms with Gasteiger partial charge in [0.15, 0.2) is 0 Å². The third-order valence-corrected chi connectivity index (χ3v) is 3.70. The molecule has 1 aromatic carbocycles. The van der Waals surface area contributed by atoms with E-state index in [0.717, 1.165) is 11.1 Å². The van der Waals surface area contributed by atoms with E-state index in [1.165, 1.54) is 0 Å². The van der Waals surface area contributed by atoms with Gasteiger partial charge in [0.1, 0.15) is 0 Å². The zero-order chi connectivity index (χ0) is 15.2. The molecule has 0 spiro atoms. The van der Waals surface area contributed by atoms with Crippen molar-refractivity contribution in [3.63, 3.8) is 0 Å². The molecule has 0 bridgehead atoms. The van der Waals surface area contributed by atoms with Gasteiger partial charge in [-0.25, -0.2) is 4.79 Å². The van der Waals surface area contributed by atoms with E-state index in [9.17, 15) is 9.59 Å². The van der Waals surface area contributed by atoms with Crippen LogP contribution in [0.4, 0.5) is 4.79 Å². The number of likely N-dealkylation sites (tertiary alicyclic amines) is 1. The molecule has 0 unspecified atom stereocenters. The van der Waals surface area contributed by atoms with Crippen molar-refractivity contribution in [2.75, 3.05) is 13.1 Å². The number of carbonyl (C=O) groups excluding carboxylic acids is 1. The van der Waals surface area contributed by atoms with Crippen LogP contribution in [0.1, 0.15) is 24.0 Å². The van der Waals surface area contributed by atoms with E-state index >= 15 is 0 Å². The average Bonchev–Trinajstić information content (AvgIpc) is 2.53. The van der Waals surface area contributed by atoms with Gasteiger partial charge >= 0.3 is 12.0 Å². The molecular weight excluding hydrogens is 268 g/mol. The van der Waals surface area contributed by atoms with Crippen LogP contribution < -0.4 is 5.32 Å². The zero-order valence-corrected chi connectivity index (χ0v) is 11.7. The highest BCUT2D eigenvalue weighted by Crippen LogP contribution is 2.17. The number of hydrogen-bond donors (Lipinski definition) is 2. The molecule has 1 heterocycles.